The molecule has 1 atom stereocenters. The van der Waals surface area contributed by atoms with Crippen molar-refractivity contribution in [2.75, 3.05) is 11.9 Å². The molecule has 1 amide bonds. The van der Waals surface area contributed by atoms with Crippen molar-refractivity contribution < 1.29 is 4.79 Å². The molecule has 5 heteroatoms. The fraction of sp³-hybridized carbons (Fsp3) is 0.467. The molecule has 0 saturated carbocycles. The van der Waals surface area contributed by atoms with Gasteiger partial charge in [0.05, 0.1) is 26.9 Å². The zero-order chi connectivity index (χ0) is 15.3. The van der Waals surface area contributed by atoms with Crippen LogP contribution in [0.5, 0.6) is 0 Å². The molecule has 106 valence electrons. The third-order valence-electron chi connectivity index (χ3n) is 3.87. The maximum absolute atomic E-state index is 12.6. The minimum atomic E-state index is -0.752. The van der Waals surface area contributed by atoms with Gasteiger partial charge in [0.2, 0.25) is 5.91 Å². The average molecular weight is 311 g/mol. The predicted octanol–water partition coefficient (Wildman–Crippen LogP) is 4.17. The number of hydrogen-bond donors (Lipinski definition) is 0. The van der Waals surface area contributed by atoms with Gasteiger partial charge in [0.25, 0.3) is 0 Å². The lowest BCUT2D eigenvalue weighted by Crippen LogP contribution is -2.39. The summed E-state index contributed by atoms with van der Waals surface area (Å²) >= 11 is 12.1. The van der Waals surface area contributed by atoms with Gasteiger partial charge in [-0.15, -0.1) is 0 Å². The van der Waals surface area contributed by atoms with E-state index in [0.717, 1.165) is 11.3 Å². The Morgan fingerprint density at radius 3 is 2.45 bits per heavy atom. The van der Waals surface area contributed by atoms with Crippen LogP contribution < -0.4 is 4.90 Å². The molecule has 1 aromatic carbocycles. The highest BCUT2D eigenvalue weighted by Gasteiger charge is 2.49. The summed E-state index contributed by atoms with van der Waals surface area (Å²) in [6, 6.07) is 5.71. The van der Waals surface area contributed by atoms with Crippen molar-refractivity contribution in [1.82, 2.24) is 0 Å². The number of hydrogen-bond acceptors (Lipinski definition) is 2. The topological polar surface area (TPSA) is 44.1 Å². The summed E-state index contributed by atoms with van der Waals surface area (Å²) < 4.78 is 0. The standard InChI is InChI=1S/C15H16Cl2N2O/c1-14(2,8-18)7-15(3)9-5-10(16)11(17)6-12(9)19(4)13(15)20/h5-6H,7H2,1-4H3/t15-/m0/s1. The number of nitrogens with zero attached hydrogens (tertiary/aromatic N) is 2. The molecule has 2 rings (SSSR count). The zero-order valence-corrected chi connectivity index (χ0v) is 13.4. The SMILES string of the molecule is CN1C(=O)[C@@](C)(CC(C)(C)C#N)c2cc(Cl)c(Cl)cc21. The van der Waals surface area contributed by atoms with Gasteiger partial charge in [0.1, 0.15) is 0 Å². The number of carbonyl (C=O) groups excluding carboxylic acids is 1. The van der Waals surface area contributed by atoms with E-state index in [4.69, 9.17) is 23.2 Å². The normalized spacial score (nSPS) is 21.9. The minimum absolute atomic E-state index is 0.0332. The lowest BCUT2D eigenvalue weighted by atomic mass is 9.71. The van der Waals surface area contributed by atoms with E-state index in [1.165, 1.54) is 0 Å². The van der Waals surface area contributed by atoms with Crippen molar-refractivity contribution >= 4 is 34.8 Å². The number of benzene rings is 1. The Hall–Kier alpha value is -1.24. The summed E-state index contributed by atoms with van der Waals surface area (Å²) in [5.41, 5.74) is 0.250. The molecule has 0 radical (unpaired) electrons. The van der Waals surface area contributed by atoms with E-state index in [9.17, 15) is 10.1 Å². The Morgan fingerprint density at radius 1 is 1.35 bits per heavy atom. The molecular weight excluding hydrogens is 295 g/mol. The molecule has 0 fully saturated rings. The Balaban J connectivity index is 2.61. The number of likely N-dealkylation sites (N-methyl/N-ethyl adjacent to an activating group) is 1. The van der Waals surface area contributed by atoms with E-state index in [1.54, 1.807) is 24.1 Å². The first-order chi connectivity index (χ1) is 9.12. The van der Waals surface area contributed by atoms with Crippen LogP contribution >= 0.6 is 23.2 Å². The third kappa shape index (κ3) is 2.17. The quantitative estimate of drug-likeness (QED) is 0.823. The van der Waals surface area contributed by atoms with Crippen molar-refractivity contribution in [3.05, 3.63) is 27.7 Å². The number of rotatable bonds is 2. The molecule has 0 bridgehead atoms. The lowest BCUT2D eigenvalue weighted by Gasteiger charge is -2.29. The van der Waals surface area contributed by atoms with Gasteiger partial charge < -0.3 is 4.90 Å². The van der Waals surface area contributed by atoms with Crippen molar-refractivity contribution in [3.63, 3.8) is 0 Å². The number of nitriles is 1. The van der Waals surface area contributed by atoms with Gasteiger partial charge in [0, 0.05) is 12.7 Å². The average Bonchev–Trinajstić information content (AvgIpc) is 2.53. The smallest absolute Gasteiger partial charge is 0.237 e. The number of fused-ring (bicyclic) bond motifs is 1. The second-order valence-electron chi connectivity index (χ2n) is 6.15. The molecule has 0 saturated heterocycles. The number of anilines is 1. The maximum atomic E-state index is 12.6. The minimum Gasteiger partial charge on any atom is -0.314 e. The zero-order valence-electron chi connectivity index (χ0n) is 11.9. The fourth-order valence-electron chi connectivity index (χ4n) is 2.94. The first-order valence-corrected chi connectivity index (χ1v) is 7.07. The first-order valence-electron chi connectivity index (χ1n) is 6.31. The highest BCUT2D eigenvalue weighted by Crippen LogP contribution is 2.49. The van der Waals surface area contributed by atoms with Crippen LogP contribution in [0.1, 0.15) is 32.8 Å². The predicted molar refractivity (Wildman–Crippen MR) is 81.2 cm³/mol. The Kier molecular flexibility index (Phi) is 3.52. The molecule has 0 spiro atoms. The molecular formula is C15H16Cl2N2O. The largest absolute Gasteiger partial charge is 0.314 e. The van der Waals surface area contributed by atoms with Gasteiger partial charge in [-0.3, -0.25) is 4.79 Å². The van der Waals surface area contributed by atoms with Crippen LogP contribution in [0.2, 0.25) is 10.0 Å². The van der Waals surface area contributed by atoms with E-state index < -0.39 is 10.8 Å². The second kappa shape index (κ2) is 4.65. The lowest BCUT2D eigenvalue weighted by molar-refractivity contribution is -0.123. The third-order valence-corrected chi connectivity index (χ3v) is 4.59. The van der Waals surface area contributed by atoms with Crippen LogP contribution in [0.25, 0.3) is 0 Å². The molecule has 1 aromatic rings. The monoisotopic (exact) mass is 310 g/mol. The summed E-state index contributed by atoms with van der Waals surface area (Å²) in [5.74, 6) is -0.0332. The summed E-state index contributed by atoms with van der Waals surface area (Å²) in [6.45, 7) is 5.53. The van der Waals surface area contributed by atoms with Gasteiger partial charge in [0.15, 0.2) is 0 Å². The molecule has 0 aromatic heterocycles. The molecule has 0 aliphatic carbocycles. The van der Waals surface area contributed by atoms with Gasteiger partial charge in [-0.1, -0.05) is 23.2 Å². The van der Waals surface area contributed by atoms with E-state index in [0.29, 0.717) is 16.5 Å². The molecule has 0 N–H and O–H groups in total. The van der Waals surface area contributed by atoms with E-state index >= 15 is 0 Å². The highest BCUT2D eigenvalue weighted by atomic mass is 35.5. The van der Waals surface area contributed by atoms with Crippen molar-refractivity contribution in [2.24, 2.45) is 5.41 Å². The van der Waals surface area contributed by atoms with Crippen molar-refractivity contribution in [3.8, 4) is 6.07 Å². The van der Waals surface area contributed by atoms with Crippen LogP contribution in [0, 0.1) is 16.7 Å². The summed E-state index contributed by atoms with van der Waals surface area (Å²) in [6.07, 6.45) is 0.435. The number of amides is 1. The summed E-state index contributed by atoms with van der Waals surface area (Å²) in [4.78, 5) is 14.2. The van der Waals surface area contributed by atoms with E-state index in [-0.39, 0.29) is 5.91 Å². The van der Waals surface area contributed by atoms with Crippen molar-refractivity contribution in [2.45, 2.75) is 32.6 Å². The molecule has 20 heavy (non-hydrogen) atoms. The van der Waals surface area contributed by atoms with Crippen LogP contribution in [0.3, 0.4) is 0 Å². The van der Waals surface area contributed by atoms with Crippen LogP contribution in [-0.4, -0.2) is 13.0 Å². The molecule has 1 aliphatic rings. The fourth-order valence-corrected chi connectivity index (χ4v) is 3.27. The van der Waals surface area contributed by atoms with E-state index in [1.807, 2.05) is 20.8 Å². The number of carbonyl (C=O) groups is 1. The van der Waals surface area contributed by atoms with Crippen molar-refractivity contribution in [1.29, 1.82) is 5.26 Å². The van der Waals surface area contributed by atoms with Crippen LogP contribution in [-0.2, 0) is 10.2 Å². The highest BCUT2D eigenvalue weighted by molar-refractivity contribution is 6.42. The van der Waals surface area contributed by atoms with Gasteiger partial charge in [-0.2, -0.15) is 5.26 Å². The summed E-state index contributed by atoms with van der Waals surface area (Å²) in [5, 5.41) is 10.1. The van der Waals surface area contributed by atoms with Gasteiger partial charge in [-0.25, -0.2) is 0 Å². The Morgan fingerprint density at radius 2 is 1.90 bits per heavy atom. The second-order valence-corrected chi connectivity index (χ2v) is 6.97. The van der Waals surface area contributed by atoms with Crippen LogP contribution in [0.15, 0.2) is 12.1 Å². The molecule has 1 heterocycles. The van der Waals surface area contributed by atoms with Crippen LogP contribution in [0.4, 0.5) is 5.69 Å². The van der Waals surface area contributed by atoms with E-state index in [2.05, 4.69) is 6.07 Å². The molecule has 0 unspecified atom stereocenters. The van der Waals surface area contributed by atoms with Gasteiger partial charge >= 0.3 is 0 Å². The number of halogens is 2. The molecule has 3 nitrogen and oxygen atoms in total. The summed E-state index contributed by atoms with van der Waals surface area (Å²) in [7, 11) is 1.72. The Labute approximate surface area is 129 Å². The van der Waals surface area contributed by atoms with Gasteiger partial charge in [-0.05, 0) is 44.9 Å². The Bertz CT molecular complexity index is 633. The maximum Gasteiger partial charge on any atom is 0.237 e. The molecule has 1 aliphatic heterocycles. The first kappa shape index (κ1) is 15.2.